The molecule has 0 bridgehead atoms. The second kappa shape index (κ2) is 6.89. The van der Waals surface area contributed by atoms with Crippen LogP contribution >= 0.6 is 15.9 Å². The highest BCUT2D eigenvalue weighted by Crippen LogP contribution is 2.33. The highest BCUT2D eigenvalue weighted by Gasteiger charge is 2.23. The first kappa shape index (κ1) is 16.7. The van der Waals surface area contributed by atoms with E-state index in [2.05, 4.69) is 55.5 Å². The number of nitrogens with zero attached hydrogens (tertiary/aromatic N) is 3. The molecule has 0 saturated heterocycles. The molecule has 0 fully saturated rings. The molecular weight excluding hydrogens is 381 g/mol. The number of fused-ring (bicyclic) bond motifs is 3. The summed E-state index contributed by atoms with van der Waals surface area (Å²) >= 11 is 3.61. The number of hydrogen-bond acceptors (Lipinski definition) is 2. The minimum absolute atomic E-state index is 0.264. The fraction of sp³-hybridized carbons (Fsp3) is 0.350. The average Bonchev–Trinajstić information content (AvgIpc) is 2.92. The molecule has 130 valence electrons. The zero-order valence-corrected chi connectivity index (χ0v) is 15.9. The first-order chi connectivity index (χ1) is 12.2. The molecule has 1 aliphatic heterocycles. The summed E-state index contributed by atoms with van der Waals surface area (Å²) in [6.45, 7) is 6.26. The Labute approximate surface area is 155 Å². The lowest BCUT2D eigenvalue weighted by Crippen LogP contribution is -2.30. The summed E-state index contributed by atoms with van der Waals surface area (Å²) in [6.07, 6.45) is 4.87. The highest BCUT2D eigenvalue weighted by atomic mass is 79.9. The van der Waals surface area contributed by atoms with E-state index in [0.29, 0.717) is 0 Å². The molecule has 0 amide bonds. The van der Waals surface area contributed by atoms with Crippen LogP contribution in [0, 0.1) is 5.82 Å². The first-order valence-corrected chi connectivity index (χ1v) is 9.56. The van der Waals surface area contributed by atoms with Crippen molar-refractivity contribution in [3.05, 3.63) is 63.8 Å². The van der Waals surface area contributed by atoms with Gasteiger partial charge in [0, 0.05) is 53.3 Å². The van der Waals surface area contributed by atoms with Gasteiger partial charge >= 0.3 is 0 Å². The minimum Gasteiger partial charge on any atom is -0.344 e. The average molecular weight is 402 g/mol. The maximum atomic E-state index is 13.4. The van der Waals surface area contributed by atoms with E-state index in [1.54, 1.807) is 12.3 Å². The number of pyridine rings is 1. The Morgan fingerprint density at radius 2 is 2.12 bits per heavy atom. The number of aromatic nitrogens is 2. The molecule has 3 heterocycles. The predicted octanol–water partition coefficient (Wildman–Crippen LogP) is 4.56. The molecule has 0 unspecified atom stereocenters. The first-order valence-electron chi connectivity index (χ1n) is 8.77. The van der Waals surface area contributed by atoms with E-state index in [4.69, 9.17) is 0 Å². The van der Waals surface area contributed by atoms with E-state index in [-0.39, 0.29) is 5.82 Å². The maximum absolute atomic E-state index is 13.4. The van der Waals surface area contributed by atoms with Crippen LogP contribution in [0.5, 0.6) is 0 Å². The number of halogens is 2. The fourth-order valence-electron chi connectivity index (χ4n) is 3.84. The van der Waals surface area contributed by atoms with Crippen molar-refractivity contribution in [2.45, 2.75) is 32.9 Å². The van der Waals surface area contributed by atoms with E-state index in [1.165, 1.54) is 28.4 Å². The Kier molecular flexibility index (Phi) is 4.61. The molecule has 0 aliphatic carbocycles. The monoisotopic (exact) mass is 401 g/mol. The Morgan fingerprint density at radius 3 is 2.92 bits per heavy atom. The van der Waals surface area contributed by atoms with Gasteiger partial charge in [-0.3, -0.25) is 9.88 Å². The van der Waals surface area contributed by atoms with E-state index in [0.717, 1.165) is 49.1 Å². The lowest BCUT2D eigenvalue weighted by Gasteiger charge is -2.27. The van der Waals surface area contributed by atoms with Gasteiger partial charge < -0.3 is 4.57 Å². The standard InChI is InChI=1S/C20H21BrFN3/c1-2-24-7-6-20-18(13-24)17-10-15(21)3-4-19(17)25(20)8-5-14-9-16(22)12-23-11-14/h3-4,9-12H,2,5-8,13H2,1H3. The van der Waals surface area contributed by atoms with Gasteiger partial charge in [0.15, 0.2) is 0 Å². The van der Waals surface area contributed by atoms with Crippen LogP contribution in [0.2, 0.25) is 0 Å². The largest absolute Gasteiger partial charge is 0.344 e. The summed E-state index contributed by atoms with van der Waals surface area (Å²) in [5, 5.41) is 1.33. The van der Waals surface area contributed by atoms with Crippen LogP contribution in [-0.4, -0.2) is 27.5 Å². The molecule has 0 saturated carbocycles. The van der Waals surface area contributed by atoms with E-state index in [1.807, 2.05) is 0 Å². The van der Waals surface area contributed by atoms with E-state index >= 15 is 0 Å². The Balaban J connectivity index is 1.73. The number of likely N-dealkylation sites (N-methyl/N-ethyl adjacent to an activating group) is 1. The zero-order chi connectivity index (χ0) is 17.4. The van der Waals surface area contributed by atoms with E-state index < -0.39 is 0 Å². The van der Waals surface area contributed by atoms with Crippen molar-refractivity contribution in [3.8, 4) is 0 Å². The second-order valence-corrected chi connectivity index (χ2v) is 7.53. The van der Waals surface area contributed by atoms with Gasteiger partial charge in [-0.2, -0.15) is 0 Å². The minimum atomic E-state index is -0.264. The summed E-state index contributed by atoms with van der Waals surface area (Å²) in [7, 11) is 0. The molecule has 1 aromatic carbocycles. The van der Waals surface area contributed by atoms with Gasteiger partial charge in [-0.15, -0.1) is 0 Å². The molecular formula is C20H21BrFN3. The quantitative estimate of drug-likeness (QED) is 0.638. The summed E-state index contributed by atoms with van der Waals surface area (Å²) in [5.74, 6) is -0.264. The molecule has 0 N–H and O–H groups in total. The number of benzene rings is 1. The summed E-state index contributed by atoms with van der Waals surface area (Å²) < 4.78 is 16.9. The van der Waals surface area contributed by atoms with Crippen molar-refractivity contribution < 1.29 is 4.39 Å². The van der Waals surface area contributed by atoms with Crippen molar-refractivity contribution in [3.63, 3.8) is 0 Å². The number of aryl methyl sites for hydroxylation is 2. The molecule has 2 aromatic heterocycles. The third-order valence-corrected chi connectivity index (χ3v) is 5.62. The van der Waals surface area contributed by atoms with Gasteiger partial charge in [-0.05, 0) is 48.4 Å². The van der Waals surface area contributed by atoms with Crippen LogP contribution in [-0.2, 0) is 25.9 Å². The molecule has 5 heteroatoms. The fourth-order valence-corrected chi connectivity index (χ4v) is 4.20. The Morgan fingerprint density at radius 1 is 1.24 bits per heavy atom. The van der Waals surface area contributed by atoms with Crippen LogP contribution < -0.4 is 0 Å². The van der Waals surface area contributed by atoms with Crippen molar-refractivity contribution in [2.24, 2.45) is 0 Å². The van der Waals surface area contributed by atoms with Gasteiger partial charge in [-0.25, -0.2) is 4.39 Å². The molecule has 25 heavy (non-hydrogen) atoms. The van der Waals surface area contributed by atoms with Crippen LogP contribution in [0.1, 0.15) is 23.7 Å². The molecule has 4 rings (SSSR count). The van der Waals surface area contributed by atoms with Crippen LogP contribution in [0.3, 0.4) is 0 Å². The van der Waals surface area contributed by atoms with Crippen LogP contribution in [0.4, 0.5) is 4.39 Å². The van der Waals surface area contributed by atoms with Gasteiger partial charge in [0.1, 0.15) is 5.82 Å². The summed E-state index contributed by atoms with van der Waals surface area (Å²) in [5.41, 5.74) is 5.10. The van der Waals surface area contributed by atoms with Crippen molar-refractivity contribution >= 4 is 26.8 Å². The number of rotatable bonds is 4. The van der Waals surface area contributed by atoms with Gasteiger partial charge in [0.25, 0.3) is 0 Å². The summed E-state index contributed by atoms with van der Waals surface area (Å²) in [4.78, 5) is 6.46. The van der Waals surface area contributed by atoms with Crippen LogP contribution in [0.25, 0.3) is 10.9 Å². The lowest BCUT2D eigenvalue weighted by atomic mass is 10.0. The Hall–Kier alpha value is -1.72. The lowest BCUT2D eigenvalue weighted by molar-refractivity contribution is 0.265. The molecule has 1 aliphatic rings. The van der Waals surface area contributed by atoms with Gasteiger partial charge in [0.2, 0.25) is 0 Å². The zero-order valence-electron chi connectivity index (χ0n) is 14.3. The Bertz CT molecular complexity index is 919. The molecule has 3 nitrogen and oxygen atoms in total. The smallest absolute Gasteiger partial charge is 0.141 e. The maximum Gasteiger partial charge on any atom is 0.141 e. The third kappa shape index (κ3) is 3.23. The van der Waals surface area contributed by atoms with Crippen LogP contribution in [0.15, 0.2) is 41.1 Å². The SMILES string of the molecule is CCN1CCc2c(c3cc(Br)ccc3n2CCc2cncc(F)c2)C1. The third-order valence-electron chi connectivity index (χ3n) is 5.13. The second-order valence-electron chi connectivity index (χ2n) is 6.62. The van der Waals surface area contributed by atoms with Crippen molar-refractivity contribution in [1.82, 2.24) is 14.5 Å². The molecule has 0 spiro atoms. The molecule has 3 aromatic rings. The highest BCUT2D eigenvalue weighted by molar-refractivity contribution is 9.10. The van der Waals surface area contributed by atoms with Gasteiger partial charge in [0.05, 0.1) is 6.20 Å². The van der Waals surface area contributed by atoms with E-state index in [9.17, 15) is 4.39 Å². The number of hydrogen-bond donors (Lipinski definition) is 0. The van der Waals surface area contributed by atoms with Crippen molar-refractivity contribution in [2.75, 3.05) is 13.1 Å². The molecule has 0 atom stereocenters. The normalized spacial score (nSPS) is 14.8. The predicted molar refractivity (Wildman–Crippen MR) is 102 cm³/mol. The van der Waals surface area contributed by atoms with Crippen molar-refractivity contribution in [1.29, 1.82) is 0 Å². The topological polar surface area (TPSA) is 21.1 Å². The molecule has 0 radical (unpaired) electrons. The summed E-state index contributed by atoms with van der Waals surface area (Å²) in [6, 6.07) is 8.11. The van der Waals surface area contributed by atoms with Gasteiger partial charge in [-0.1, -0.05) is 22.9 Å².